The summed E-state index contributed by atoms with van der Waals surface area (Å²) >= 11 is 6.36. The molecule has 220 valence electrons. The van der Waals surface area contributed by atoms with Gasteiger partial charge >= 0.3 is 0 Å². The van der Waals surface area contributed by atoms with Gasteiger partial charge in [-0.15, -0.1) is 0 Å². The number of halogens is 1. The van der Waals surface area contributed by atoms with Crippen LogP contribution in [0.15, 0.2) is 48.6 Å². The van der Waals surface area contributed by atoms with Crippen molar-refractivity contribution < 1.29 is 28.2 Å². The van der Waals surface area contributed by atoms with Gasteiger partial charge in [-0.05, 0) is 91.8 Å². The molecule has 8 nitrogen and oxygen atoms in total. The number of carbonyl (C=O) groups excluding carboxylic acids is 1. The molecule has 0 saturated heterocycles. The number of sulfonamides is 1. The molecular formula is C31H37ClN2O6S. The molecule has 2 bridgehead atoms. The average molecular weight is 601 g/mol. The highest BCUT2D eigenvalue weighted by molar-refractivity contribution is 7.90. The van der Waals surface area contributed by atoms with Gasteiger partial charge in [-0.3, -0.25) is 4.79 Å². The molecule has 1 saturated carbocycles. The second-order valence-corrected chi connectivity index (χ2v) is 14.4. The van der Waals surface area contributed by atoms with E-state index in [1.165, 1.54) is 11.1 Å². The number of rotatable bonds is 1. The molecule has 1 fully saturated rings. The molecule has 2 aromatic carbocycles. The molecule has 2 heterocycles. The van der Waals surface area contributed by atoms with Crippen molar-refractivity contribution in [1.29, 1.82) is 0 Å². The van der Waals surface area contributed by atoms with Gasteiger partial charge in [0.2, 0.25) is 10.0 Å². The molecule has 2 aliphatic carbocycles. The van der Waals surface area contributed by atoms with Crippen LogP contribution in [0.3, 0.4) is 0 Å². The second-order valence-electron chi connectivity index (χ2n) is 12.2. The molecule has 4 aliphatic rings. The molecule has 5 atom stereocenters. The van der Waals surface area contributed by atoms with Crippen molar-refractivity contribution in [2.24, 2.45) is 17.8 Å². The number of benzene rings is 2. The van der Waals surface area contributed by atoms with Crippen LogP contribution in [0.25, 0.3) is 0 Å². The predicted molar refractivity (Wildman–Crippen MR) is 158 cm³/mol. The maximum Gasteiger partial charge on any atom is 0.264 e. The van der Waals surface area contributed by atoms with E-state index in [0.29, 0.717) is 25.4 Å². The monoisotopic (exact) mass is 600 g/mol. The smallest absolute Gasteiger partial charge is 0.264 e. The Kier molecular flexibility index (Phi) is 7.82. The molecule has 1 spiro atoms. The van der Waals surface area contributed by atoms with Crippen LogP contribution in [0, 0.1) is 17.8 Å². The number of fused-ring (bicyclic) bond motifs is 4. The van der Waals surface area contributed by atoms with Crippen molar-refractivity contribution in [2.75, 3.05) is 37.0 Å². The number of nitrogens with zero attached hydrogens (tertiary/aromatic N) is 1. The number of hydrogen-bond acceptors (Lipinski definition) is 7. The molecule has 0 unspecified atom stereocenters. The summed E-state index contributed by atoms with van der Waals surface area (Å²) < 4.78 is 34.4. The third-order valence-corrected chi connectivity index (χ3v) is 11.1. The first-order valence-electron chi connectivity index (χ1n) is 14.5. The van der Waals surface area contributed by atoms with Crippen LogP contribution in [0.4, 0.5) is 5.69 Å². The van der Waals surface area contributed by atoms with Crippen molar-refractivity contribution >= 4 is 33.2 Å². The van der Waals surface area contributed by atoms with E-state index in [1.54, 1.807) is 30.4 Å². The number of ether oxygens (including phenoxy) is 1. The van der Waals surface area contributed by atoms with Crippen molar-refractivity contribution in [3.63, 3.8) is 0 Å². The lowest BCUT2D eigenvalue weighted by Crippen LogP contribution is -2.49. The number of anilines is 1. The van der Waals surface area contributed by atoms with Gasteiger partial charge in [0.1, 0.15) is 5.75 Å². The fraction of sp³-hybridized carbons (Fsp3) is 0.516. The van der Waals surface area contributed by atoms with Crippen LogP contribution in [0.5, 0.6) is 5.75 Å². The van der Waals surface area contributed by atoms with Crippen LogP contribution < -0.4 is 14.4 Å². The van der Waals surface area contributed by atoms with Crippen molar-refractivity contribution in [2.45, 2.75) is 50.0 Å². The molecule has 2 aliphatic heterocycles. The Morgan fingerprint density at radius 2 is 2.02 bits per heavy atom. The lowest BCUT2D eigenvalue weighted by atomic mass is 9.68. The zero-order valence-corrected chi connectivity index (χ0v) is 24.5. The highest BCUT2D eigenvalue weighted by atomic mass is 35.5. The summed E-state index contributed by atoms with van der Waals surface area (Å²) in [6.07, 6.45) is 7.93. The van der Waals surface area contributed by atoms with Gasteiger partial charge in [0.15, 0.2) is 0 Å². The minimum absolute atomic E-state index is 0.0722. The largest absolute Gasteiger partial charge is 0.490 e. The summed E-state index contributed by atoms with van der Waals surface area (Å²) in [5.41, 5.74) is 3.18. The Morgan fingerprint density at radius 3 is 2.80 bits per heavy atom. The standard InChI is InChI=1S/C31H37ClN2O6S/c32-24-8-10-26-21(13-24)4-2-12-31(26)18-34-15-23-6-9-25(23)28(36)5-1-3-20(16-35)17-41(38,39)33-30(37)22-7-11-29(40-19-31)27(34)14-22/h1,5,7-8,10-11,13-14,20,23,25,28,35-36H,2-4,6,9,12,15-19H2,(H,33,37)/b5-1-/t20-,23-,25+,28-,31-/m0/s1. The van der Waals surface area contributed by atoms with Gasteiger partial charge in [-0.25, -0.2) is 13.1 Å². The van der Waals surface area contributed by atoms with Gasteiger partial charge in [0.25, 0.3) is 5.91 Å². The molecule has 1 amide bonds. The third-order valence-electron chi connectivity index (χ3n) is 9.43. The van der Waals surface area contributed by atoms with Crippen LogP contribution in [0.2, 0.25) is 5.02 Å². The van der Waals surface area contributed by atoms with Crippen molar-refractivity contribution in [1.82, 2.24) is 4.72 Å². The number of aryl methyl sites for hydroxylation is 1. The van der Waals surface area contributed by atoms with E-state index in [4.69, 9.17) is 16.3 Å². The number of aliphatic hydroxyl groups is 2. The summed E-state index contributed by atoms with van der Waals surface area (Å²) in [5, 5.41) is 21.5. The van der Waals surface area contributed by atoms with Crippen molar-refractivity contribution in [3.8, 4) is 5.75 Å². The number of nitrogens with one attached hydrogen (secondary N) is 1. The Bertz CT molecular complexity index is 1460. The molecule has 10 heteroatoms. The van der Waals surface area contributed by atoms with Crippen LogP contribution in [-0.2, 0) is 21.9 Å². The minimum Gasteiger partial charge on any atom is -0.490 e. The number of carbonyl (C=O) groups is 1. The van der Waals surface area contributed by atoms with Gasteiger partial charge < -0.3 is 19.8 Å². The van der Waals surface area contributed by atoms with Gasteiger partial charge in [0, 0.05) is 41.6 Å². The topological polar surface area (TPSA) is 116 Å². The first-order chi connectivity index (χ1) is 19.7. The number of aliphatic hydroxyl groups excluding tert-OH is 2. The summed E-state index contributed by atoms with van der Waals surface area (Å²) in [7, 11) is -4.00. The molecule has 41 heavy (non-hydrogen) atoms. The van der Waals surface area contributed by atoms with E-state index in [1.807, 2.05) is 6.07 Å². The first kappa shape index (κ1) is 28.5. The maximum absolute atomic E-state index is 13.2. The average Bonchev–Trinajstić information content (AvgIpc) is 3.06. The van der Waals surface area contributed by atoms with Gasteiger partial charge in [0.05, 0.1) is 24.2 Å². The van der Waals surface area contributed by atoms with Crippen LogP contribution >= 0.6 is 11.6 Å². The molecular weight excluding hydrogens is 564 g/mol. The number of hydrogen-bond donors (Lipinski definition) is 3. The Hall–Kier alpha value is -2.59. The lowest BCUT2D eigenvalue weighted by molar-refractivity contribution is 0.0455. The highest BCUT2D eigenvalue weighted by Gasteiger charge is 2.44. The van der Waals surface area contributed by atoms with E-state index >= 15 is 0 Å². The van der Waals surface area contributed by atoms with Crippen LogP contribution in [-0.4, -0.2) is 62.7 Å². The summed E-state index contributed by atoms with van der Waals surface area (Å²) in [4.78, 5) is 15.5. The Labute approximate surface area is 246 Å². The SMILES string of the molecule is O=C1NS(=O)(=O)C[C@H](CO)C/C=C\[C@H](O)[C@@H]2CC[C@H]2CN2C[C@@]3(CCCc4cc(Cl)ccc43)COc3ccc1cc32. The molecule has 2 aromatic rings. The summed E-state index contributed by atoms with van der Waals surface area (Å²) in [5.74, 6) is -0.725. The first-order valence-corrected chi connectivity index (χ1v) is 16.5. The molecule has 6 rings (SSSR count). The lowest BCUT2D eigenvalue weighted by Gasteiger charge is -2.45. The van der Waals surface area contributed by atoms with Crippen LogP contribution in [0.1, 0.15) is 53.6 Å². The van der Waals surface area contributed by atoms with Gasteiger partial charge in [-0.2, -0.15) is 0 Å². The normalized spacial score (nSPS) is 32.0. The molecule has 0 radical (unpaired) electrons. The second kappa shape index (κ2) is 11.2. The third kappa shape index (κ3) is 5.74. The Balaban J connectivity index is 1.41. The Morgan fingerprint density at radius 1 is 1.17 bits per heavy atom. The van der Waals surface area contributed by atoms with E-state index < -0.39 is 33.7 Å². The minimum atomic E-state index is -4.00. The number of allylic oxidation sites excluding steroid dienone is 1. The van der Waals surface area contributed by atoms with Crippen molar-refractivity contribution in [3.05, 3.63) is 70.3 Å². The van der Waals surface area contributed by atoms with E-state index in [0.717, 1.165) is 42.8 Å². The maximum atomic E-state index is 13.2. The predicted octanol–water partition coefficient (Wildman–Crippen LogP) is 3.83. The molecule has 0 aromatic heterocycles. The van der Waals surface area contributed by atoms with E-state index in [2.05, 4.69) is 21.8 Å². The fourth-order valence-corrected chi connectivity index (χ4v) is 8.65. The van der Waals surface area contributed by atoms with Gasteiger partial charge in [-0.1, -0.05) is 29.8 Å². The highest BCUT2D eigenvalue weighted by Crippen LogP contribution is 2.46. The zero-order valence-electron chi connectivity index (χ0n) is 23.0. The molecule has 3 N–H and O–H groups in total. The zero-order chi connectivity index (χ0) is 28.8. The summed E-state index contributed by atoms with van der Waals surface area (Å²) in [6, 6.07) is 11.2. The quantitative estimate of drug-likeness (QED) is 0.426. The fourth-order valence-electron chi connectivity index (χ4n) is 7.11. The van der Waals surface area contributed by atoms with E-state index in [-0.39, 0.29) is 35.8 Å². The van der Waals surface area contributed by atoms with E-state index in [9.17, 15) is 23.4 Å². The number of amides is 1. The summed E-state index contributed by atoms with van der Waals surface area (Å²) in [6.45, 7) is 1.49.